The summed E-state index contributed by atoms with van der Waals surface area (Å²) in [6.07, 6.45) is -0.404. The third-order valence-corrected chi connectivity index (χ3v) is 3.35. The minimum atomic E-state index is -4.45. The highest BCUT2D eigenvalue weighted by Gasteiger charge is 2.30. The summed E-state index contributed by atoms with van der Waals surface area (Å²) >= 11 is 0. The second-order valence-corrected chi connectivity index (χ2v) is 5.38. The number of hydrogen-bond donors (Lipinski definition) is 3. The van der Waals surface area contributed by atoms with Crippen LogP contribution in [0.25, 0.3) is 5.82 Å². The second-order valence-electron chi connectivity index (χ2n) is 5.38. The van der Waals surface area contributed by atoms with Gasteiger partial charge in [0, 0.05) is 18.6 Å². The molecule has 1 aromatic carbocycles. The first kappa shape index (κ1) is 19.8. The van der Waals surface area contributed by atoms with Crippen molar-refractivity contribution in [3.63, 3.8) is 0 Å². The third kappa shape index (κ3) is 5.73. The Kier molecular flexibility index (Phi) is 6.01. The molecule has 0 bridgehead atoms. The molecule has 0 radical (unpaired) electrons. The molecule has 0 atom stereocenters. The van der Waals surface area contributed by atoms with Crippen LogP contribution in [-0.4, -0.2) is 21.6 Å². The lowest BCUT2D eigenvalue weighted by atomic mass is 10.1. The van der Waals surface area contributed by atoms with Crippen molar-refractivity contribution in [1.29, 1.82) is 0 Å². The lowest BCUT2D eigenvalue weighted by Gasteiger charge is -2.10. The number of primary amides is 1. The van der Waals surface area contributed by atoms with Gasteiger partial charge in [0.05, 0.1) is 12.0 Å². The Morgan fingerprint density at radius 1 is 1.26 bits per heavy atom. The van der Waals surface area contributed by atoms with E-state index in [0.717, 1.165) is 18.3 Å². The first-order valence-corrected chi connectivity index (χ1v) is 7.58. The van der Waals surface area contributed by atoms with Gasteiger partial charge in [-0.2, -0.15) is 18.3 Å². The largest absolute Gasteiger partial charge is 0.416 e. The van der Waals surface area contributed by atoms with Gasteiger partial charge in [-0.05, 0) is 23.8 Å². The quantitative estimate of drug-likeness (QED) is 0.636. The molecule has 0 spiro atoms. The van der Waals surface area contributed by atoms with E-state index >= 15 is 0 Å². The number of carbonyl (C=O) groups is 2. The van der Waals surface area contributed by atoms with E-state index in [1.54, 1.807) is 12.3 Å². The SMILES string of the molecule is C=C(NC=C(NC(=O)Cc1ccc(C(F)(F)F)cc1)C(N)=O)n1cccn1. The normalized spacial score (nSPS) is 11.7. The van der Waals surface area contributed by atoms with Gasteiger partial charge in [0.1, 0.15) is 11.5 Å². The van der Waals surface area contributed by atoms with Crippen molar-refractivity contribution >= 4 is 17.6 Å². The summed E-state index contributed by atoms with van der Waals surface area (Å²) in [6.45, 7) is 3.69. The second kappa shape index (κ2) is 8.21. The molecule has 2 rings (SSSR count). The number of nitrogens with one attached hydrogen (secondary N) is 2. The Bertz CT molecular complexity index is 856. The molecule has 0 fully saturated rings. The summed E-state index contributed by atoms with van der Waals surface area (Å²) in [4.78, 5) is 23.5. The van der Waals surface area contributed by atoms with Gasteiger partial charge in [0.25, 0.3) is 5.91 Å². The molecular weight excluding hydrogens is 363 g/mol. The maximum absolute atomic E-state index is 12.5. The van der Waals surface area contributed by atoms with Crippen LogP contribution in [0.1, 0.15) is 11.1 Å². The highest BCUT2D eigenvalue weighted by atomic mass is 19.4. The Balaban J connectivity index is 1.99. The van der Waals surface area contributed by atoms with Gasteiger partial charge in [-0.25, -0.2) is 4.68 Å². The molecule has 0 saturated heterocycles. The monoisotopic (exact) mass is 379 g/mol. The molecular formula is C17H16F3N5O2. The van der Waals surface area contributed by atoms with E-state index in [2.05, 4.69) is 22.3 Å². The average molecular weight is 379 g/mol. The van der Waals surface area contributed by atoms with E-state index < -0.39 is 23.6 Å². The average Bonchev–Trinajstić information content (AvgIpc) is 3.12. The zero-order valence-electron chi connectivity index (χ0n) is 14.0. The van der Waals surface area contributed by atoms with E-state index in [-0.39, 0.29) is 12.1 Å². The molecule has 1 aromatic heterocycles. The fraction of sp³-hybridized carbons (Fsp3) is 0.118. The Morgan fingerprint density at radius 3 is 2.44 bits per heavy atom. The van der Waals surface area contributed by atoms with Crippen molar-refractivity contribution in [1.82, 2.24) is 20.4 Å². The maximum atomic E-state index is 12.5. The summed E-state index contributed by atoms with van der Waals surface area (Å²) in [5, 5.41) is 8.89. The van der Waals surface area contributed by atoms with Crippen LogP contribution in [0.3, 0.4) is 0 Å². The number of hydrogen-bond acceptors (Lipinski definition) is 4. The van der Waals surface area contributed by atoms with Crippen molar-refractivity contribution in [2.24, 2.45) is 5.73 Å². The Hall–Kier alpha value is -3.56. The molecule has 0 aliphatic rings. The molecule has 142 valence electrons. The van der Waals surface area contributed by atoms with E-state index in [1.165, 1.54) is 23.0 Å². The van der Waals surface area contributed by atoms with Crippen LogP contribution in [0, 0.1) is 0 Å². The highest BCUT2D eigenvalue weighted by molar-refractivity contribution is 5.96. The van der Waals surface area contributed by atoms with Crippen LogP contribution in [0.5, 0.6) is 0 Å². The molecule has 0 unspecified atom stereocenters. The van der Waals surface area contributed by atoms with Crippen LogP contribution in [0.4, 0.5) is 13.2 Å². The smallest absolute Gasteiger partial charge is 0.364 e. The van der Waals surface area contributed by atoms with E-state index in [9.17, 15) is 22.8 Å². The predicted molar refractivity (Wildman–Crippen MR) is 91.3 cm³/mol. The standard InChI is InChI=1S/C17H16F3N5O2/c1-11(25-8-2-7-23-25)22-10-14(16(21)27)24-15(26)9-12-3-5-13(6-4-12)17(18,19)20/h2-8,10,22H,1,9H2,(H2,21,27)(H,24,26). The molecule has 2 aromatic rings. The molecule has 0 aliphatic carbocycles. The molecule has 7 nitrogen and oxygen atoms in total. The Labute approximate surface area is 152 Å². The number of aromatic nitrogens is 2. The summed E-state index contributed by atoms with van der Waals surface area (Å²) in [7, 11) is 0. The molecule has 27 heavy (non-hydrogen) atoms. The molecule has 2 amide bonds. The predicted octanol–water partition coefficient (Wildman–Crippen LogP) is 1.61. The zero-order valence-corrected chi connectivity index (χ0v) is 14.0. The number of rotatable bonds is 7. The highest BCUT2D eigenvalue weighted by Crippen LogP contribution is 2.29. The number of benzene rings is 1. The fourth-order valence-corrected chi connectivity index (χ4v) is 2.01. The van der Waals surface area contributed by atoms with Gasteiger partial charge >= 0.3 is 6.18 Å². The van der Waals surface area contributed by atoms with Crippen LogP contribution < -0.4 is 16.4 Å². The van der Waals surface area contributed by atoms with Gasteiger partial charge in [-0.1, -0.05) is 18.7 Å². The van der Waals surface area contributed by atoms with Crippen LogP contribution in [0.15, 0.2) is 61.2 Å². The van der Waals surface area contributed by atoms with E-state index in [4.69, 9.17) is 5.73 Å². The molecule has 10 heteroatoms. The molecule has 0 aliphatic heterocycles. The number of halogens is 3. The van der Waals surface area contributed by atoms with Gasteiger partial charge in [0.2, 0.25) is 5.91 Å². The van der Waals surface area contributed by atoms with Gasteiger partial charge in [0.15, 0.2) is 0 Å². The number of nitrogens with two attached hydrogens (primary N) is 1. The first-order chi connectivity index (χ1) is 12.7. The zero-order chi connectivity index (χ0) is 20.0. The Morgan fingerprint density at radius 2 is 1.93 bits per heavy atom. The van der Waals surface area contributed by atoms with Gasteiger partial charge < -0.3 is 16.4 Å². The van der Waals surface area contributed by atoms with E-state index in [1.807, 2.05) is 0 Å². The number of alkyl halides is 3. The topological polar surface area (TPSA) is 102 Å². The van der Waals surface area contributed by atoms with Crippen molar-refractivity contribution in [3.05, 3.63) is 72.3 Å². The minimum Gasteiger partial charge on any atom is -0.364 e. The number of carbonyl (C=O) groups excluding carboxylic acids is 2. The van der Waals surface area contributed by atoms with Crippen molar-refractivity contribution in [3.8, 4) is 0 Å². The minimum absolute atomic E-state index is 0.233. The van der Waals surface area contributed by atoms with Crippen LogP contribution >= 0.6 is 0 Å². The van der Waals surface area contributed by atoms with Gasteiger partial charge in [-0.3, -0.25) is 9.59 Å². The van der Waals surface area contributed by atoms with Crippen molar-refractivity contribution in [2.75, 3.05) is 0 Å². The summed E-state index contributed by atoms with van der Waals surface area (Å²) in [5.74, 6) is -1.22. The summed E-state index contributed by atoms with van der Waals surface area (Å²) in [6, 6.07) is 5.80. The summed E-state index contributed by atoms with van der Waals surface area (Å²) in [5.41, 5.74) is 4.51. The summed E-state index contributed by atoms with van der Waals surface area (Å²) < 4.78 is 39.0. The molecule has 0 saturated carbocycles. The maximum Gasteiger partial charge on any atom is 0.416 e. The molecule has 4 N–H and O–H groups in total. The number of nitrogens with zero attached hydrogens (tertiary/aromatic N) is 2. The van der Waals surface area contributed by atoms with Crippen molar-refractivity contribution < 1.29 is 22.8 Å². The van der Waals surface area contributed by atoms with Crippen LogP contribution in [-0.2, 0) is 22.2 Å². The fourth-order valence-electron chi connectivity index (χ4n) is 2.01. The molecule has 1 heterocycles. The lowest BCUT2D eigenvalue weighted by molar-refractivity contribution is -0.137. The van der Waals surface area contributed by atoms with Gasteiger partial charge in [-0.15, -0.1) is 0 Å². The van der Waals surface area contributed by atoms with Crippen molar-refractivity contribution in [2.45, 2.75) is 12.6 Å². The third-order valence-electron chi connectivity index (χ3n) is 3.35. The lowest BCUT2D eigenvalue weighted by Crippen LogP contribution is -2.33. The first-order valence-electron chi connectivity index (χ1n) is 7.58. The number of amides is 2. The van der Waals surface area contributed by atoms with E-state index in [0.29, 0.717) is 11.4 Å². The van der Waals surface area contributed by atoms with Crippen LogP contribution in [0.2, 0.25) is 0 Å².